The first-order valence-corrected chi connectivity index (χ1v) is 17.0. The summed E-state index contributed by atoms with van der Waals surface area (Å²) in [6, 6.07) is 5.68. The summed E-state index contributed by atoms with van der Waals surface area (Å²) >= 11 is 0. The Morgan fingerprint density at radius 1 is 1.21 bits per heavy atom. The van der Waals surface area contributed by atoms with E-state index in [2.05, 4.69) is 25.0 Å². The van der Waals surface area contributed by atoms with Crippen LogP contribution >= 0.6 is 0 Å². The van der Waals surface area contributed by atoms with Gasteiger partial charge >= 0.3 is 0 Å². The number of nitrogens with one attached hydrogen (secondary N) is 1. The molecule has 3 heterocycles. The van der Waals surface area contributed by atoms with Crippen LogP contribution in [-0.4, -0.2) is 76.0 Å². The molecule has 0 fully saturated rings. The standard InChI is InChI=1S/C28H40FN7O2Si/c1-28(2,3)32-27(37)21-17-35(18-38-13-14-39(6,7)8)26-25(21)31-22(16-30-26)24-20-10-9-19(29)15-23(20)36(33-24)12-11-34(4)5/h9-10,15-17H,11-14,18H2,1-8H3,(H,32,37). The lowest BCUT2D eigenvalue weighted by molar-refractivity contribution is 0.0886. The first-order chi connectivity index (χ1) is 18.2. The molecule has 9 nitrogen and oxygen atoms in total. The molecule has 0 bridgehead atoms. The Balaban J connectivity index is 1.77. The Bertz CT molecular complexity index is 1480. The van der Waals surface area contributed by atoms with Gasteiger partial charge in [-0.05, 0) is 59.1 Å². The van der Waals surface area contributed by atoms with Crippen molar-refractivity contribution in [3.05, 3.63) is 42.0 Å². The van der Waals surface area contributed by atoms with Gasteiger partial charge in [0.2, 0.25) is 0 Å². The fraction of sp³-hybridized carbons (Fsp3) is 0.500. The van der Waals surface area contributed by atoms with Crippen molar-refractivity contribution in [3.8, 4) is 11.4 Å². The predicted octanol–water partition coefficient (Wildman–Crippen LogP) is 4.99. The summed E-state index contributed by atoms with van der Waals surface area (Å²) in [5.41, 5.74) is 2.84. The Hall–Kier alpha value is -3.15. The molecular weight excluding hydrogens is 513 g/mol. The van der Waals surface area contributed by atoms with Gasteiger partial charge in [0, 0.05) is 38.3 Å². The largest absolute Gasteiger partial charge is 0.361 e. The molecule has 1 amide bonds. The number of benzene rings is 1. The van der Waals surface area contributed by atoms with E-state index in [4.69, 9.17) is 19.8 Å². The van der Waals surface area contributed by atoms with Crippen LogP contribution in [0.2, 0.25) is 25.7 Å². The average Bonchev–Trinajstić information content (AvgIpc) is 3.36. The van der Waals surface area contributed by atoms with Gasteiger partial charge in [0.25, 0.3) is 5.91 Å². The third-order valence-corrected chi connectivity index (χ3v) is 7.94. The van der Waals surface area contributed by atoms with Crippen LogP contribution in [0.4, 0.5) is 4.39 Å². The maximum Gasteiger partial charge on any atom is 0.255 e. The highest BCUT2D eigenvalue weighted by Crippen LogP contribution is 2.29. The summed E-state index contributed by atoms with van der Waals surface area (Å²) in [6.45, 7) is 15.0. The summed E-state index contributed by atoms with van der Waals surface area (Å²) in [6.07, 6.45) is 3.42. The van der Waals surface area contributed by atoms with E-state index >= 15 is 0 Å². The highest BCUT2D eigenvalue weighted by Gasteiger charge is 2.24. The number of hydrogen-bond donors (Lipinski definition) is 1. The summed E-state index contributed by atoms with van der Waals surface area (Å²) < 4.78 is 23.8. The maximum absolute atomic E-state index is 14.2. The van der Waals surface area contributed by atoms with E-state index in [1.807, 2.05) is 44.3 Å². The zero-order chi connectivity index (χ0) is 28.5. The second-order valence-electron chi connectivity index (χ2n) is 12.5. The summed E-state index contributed by atoms with van der Waals surface area (Å²) in [7, 11) is 2.73. The lowest BCUT2D eigenvalue weighted by atomic mass is 10.1. The van der Waals surface area contributed by atoms with Crippen LogP contribution in [0, 0.1) is 5.82 Å². The Morgan fingerprint density at radius 3 is 2.62 bits per heavy atom. The Kier molecular flexibility index (Phi) is 8.24. The Morgan fingerprint density at radius 2 is 1.95 bits per heavy atom. The lowest BCUT2D eigenvalue weighted by Gasteiger charge is -2.20. The van der Waals surface area contributed by atoms with E-state index < -0.39 is 13.6 Å². The van der Waals surface area contributed by atoms with Gasteiger partial charge in [0.15, 0.2) is 5.65 Å². The molecule has 11 heteroatoms. The number of carbonyl (C=O) groups excluding carboxylic acids is 1. The number of rotatable bonds is 10. The van der Waals surface area contributed by atoms with E-state index in [-0.39, 0.29) is 18.5 Å². The van der Waals surface area contributed by atoms with Crippen molar-refractivity contribution in [3.63, 3.8) is 0 Å². The minimum atomic E-state index is -1.23. The third-order valence-electron chi connectivity index (χ3n) is 6.24. The van der Waals surface area contributed by atoms with Gasteiger partial charge in [-0.2, -0.15) is 5.10 Å². The number of fused-ring (bicyclic) bond motifs is 2. The zero-order valence-electron chi connectivity index (χ0n) is 24.3. The average molecular weight is 554 g/mol. The second kappa shape index (κ2) is 11.1. The van der Waals surface area contributed by atoms with E-state index in [9.17, 15) is 9.18 Å². The van der Waals surface area contributed by atoms with E-state index in [1.165, 1.54) is 12.1 Å². The van der Waals surface area contributed by atoms with Crippen LogP contribution < -0.4 is 5.32 Å². The van der Waals surface area contributed by atoms with Crippen LogP contribution in [-0.2, 0) is 18.0 Å². The summed E-state index contributed by atoms with van der Waals surface area (Å²) in [4.78, 5) is 25.0. The first kappa shape index (κ1) is 28.8. The third kappa shape index (κ3) is 7.08. The molecule has 0 saturated carbocycles. The molecule has 0 unspecified atom stereocenters. The minimum Gasteiger partial charge on any atom is -0.361 e. The summed E-state index contributed by atoms with van der Waals surface area (Å²) in [5.74, 6) is -0.558. The first-order valence-electron chi connectivity index (χ1n) is 13.3. The van der Waals surface area contributed by atoms with E-state index in [1.54, 1.807) is 23.1 Å². The molecule has 3 aromatic heterocycles. The molecule has 0 atom stereocenters. The molecule has 0 aliphatic rings. The van der Waals surface area contributed by atoms with Gasteiger partial charge in [-0.15, -0.1) is 0 Å². The van der Waals surface area contributed by atoms with Crippen molar-refractivity contribution in [1.29, 1.82) is 0 Å². The number of carbonyl (C=O) groups is 1. The number of aromatic nitrogens is 5. The minimum absolute atomic E-state index is 0.233. The van der Waals surface area contributed by atoms with Gasteiger partial charge in [0.1, 0.15) is 29.5 Å². The molecule has 0 saturated heterocycles. The Labute approximate surface area is 230 Å². The molecule has 4 aromatic rings. The molecule has 1 aromatic carbocycles. The van der Waals surface area contributed by atoms with Crippen molar-refractivity contribution in [2.75, 3.05) is 27.2 Å². The SMILES string of the molecule is CN(C)CCn1nc(-c2cnc3c(n2)c(C(=O)NC(C)(C)C)cn3COCC[Si](C)(C)C)c2ccc(F)cc21. The summed E-state index contributed by atoms with van der Waals surface area (Å²) in [5, 5.41) is 8.61. The van der Waals surface area contributed by atoms with Gasteiger partial charge in [-0.3, -0.25) is 9.48 Å². The van der Waals surface area contributed by atoms with Crippen LogP contribution in [0.1, 0.15) is 31.1 Å². The topological polar surface area (TPSA) is 90.1 Å². The van der Waals surface area contributed by atoms with Crippen LogP contribution in [0.3, 0.4) is 0 Å². The highest BCUT2D eigenvalue weighted by molar-refractivity contribution is 6.76. The molecule has 210 valence electrons. The molecular formula is C28H40FN7O2Si. The smallest absolute Gasteiger partial charge is 0.255 e. The normalized spacial score (nSPS) is 12.7. The number of amides is 1. The maximum atomic E-state index is 14.2. The fourth-order valence-corrected chi connectivity index (χ4v) is 4.94. The van der Waals surface area contributed by atoms with Crippen LogP contribution in [0.25, 0.3) is 33.5 Å². The van der Waals surface area contributed by atoms with Crippen molar-refractivity contribution in [1.82, 2.24) is 34.5 Å². The van der Waals surface area contributed by atoms with Gasteiger partial charge in [0.05, 0.1) is 23.8 Å². The molecule has 4 rings (SSSR count). The van der Waals surface area contributed by atoms with E-state index in [0.29, 0.717) is 46.8 Å². The number of hydrogen-bond acceptors (Lipinski definition) is 6. The van der Waals surface area contributed by atoms with Gasteiger partial charge in [-0.1, -0.05) is 19.6 Å². The molecule has 0 aliphatic heterocycles. The van der Waals surface area contributed by atoms with Crippen molar-refractivity contribution >= 4 is 36.0 Å². The number of nitrogens with zero attached hydrogens (tertiary/aromatic N) is 6. The molecule has 0 spiro atoms. The fourth-order valence-electron chi connectivity index (χ4n) is 4.18. The second-order valence-corrected chi connectivity index (χ2v) is 18.1. The predicted molar refractivity (Wildman–Crippen MR) is 156 cm³/mol. The number of ether oxygens (including phenoxy) is 1. The quantitative estimate of drug-likeness (QED) is 0.220. The van der Waals surface area contributed by atoms with Crippen LogP contribution in [0.5, 0.6) is 0 Å². The van der Waals surface area contributed by atoms with Crippen LogP contribution in [0.15, 0.2) is 30.6 Å². The monoisotopic (exact) mass is 553 g/mol. The molecule has 39 heavy (non-hydrogen) atoms. The van der Waals surface area contributed by atoms with Gasteiger partial charge < -0.3 is 19.5 Å². The van der Waals surface area contributed by atoms with E-state index in [0.717, 1.165) is 18.0 Å². The highest BCUT2D eigenvalue weighted by atomic mass is 28.3. The lowest BCUT2D eigenvalue weighted by Crippen LogP contribution is -2.40. The molecule has 1 N–H and O–H groups in total. The number of halogens is 1. The van der Waals surface area contributed by atoms with Crippen molar-refractivity contribution in [2.24, 2.45) is 0 Å². The number of likely N-dealkylation sites (N-methyl/N-ethyl adjacent to an activating group) is 1. The molecule has 0 radical (unpaired) electrons. The van der Waals surface area contributed by atoms with Crippen molar-refractivity contribution in [2.45, 2.75) is 65.3 Å². The van der Waals surface area contributed by atoms with Crippen molar-refractivity contribution < 1.29 is 13.9 Å². The zero-order valence-corrected chi connectivity index (χ0v) is 25.3. The molecule has 0 aliphatic carbocycles. The van der Waals surface area contributed by atoms with Gasteiger partial charge in [-0.25, -0.2) is 14.4 Å².